The van der Waals surface area contributed by atoms with Gasteiger partial charge in [0.15, 0.2) is 0 Å². The SMILES string of the molecule is CCCNC(c1csc2c(Br)cccc12)C(C)C. The number of hydrogen-bond donors (Lipinski definition) is 1. The monoisotopic (exact) mass is 325 g/mol. The summed E-state index contributed by atoms with van der Waals surface area (Å²) >= 11 is 5.47. The molecule has 1 aromatic heterocycles. The number of thiophene rings is 1. The molecule has 0 amide bonds. The molecule has 98 valence electrons. The molecule has 0 aliphatic rings. The Hall–Kier alpha value is -0.380. The molecule has 1 heterocycles. The van der Waals surface area contributed by atoms with Gasteiger partial charge in [-0.15, -0.1) is 11.3 Å². The third kappa shape index (κ3) is 2.79. The van der Waals surface area contributed by atoms with Crippen LogP contribution in [-0.2, 0) is 0 Å². The minimum absolute atomic E-state index is 0.452. The normalized spacial score (nSPS) is 13.4. The van der Waals surface area contributed by atoms with Crippen LogP contribution in [0.5, 0.6) is 0 Å². The summed E-state index contributed by atoms with van der Waals surface area (Å²) < 4.78 is 2.56. The van der Waals surface area contributed by atoms with Gasteiger partial charge >= 0.3 is 0 Å². The summed E-state index contributed by atoms with van der Waals surface area (Å²) in [4.78, 5) is 0. The highest BCUT2D eigenvalue weighted by Gasteiger charge is 2.19. The van der Waals surface area contributed by atoms with Crippen molar-refractivity contribution in [3.63, 3.8) is 0 Å². The first kappa shape index (κ1) is 14.0. The molecule has 0 fully saturated rings. The van der Waals surface area contributed by atoms with E-state index in [-0.39, 0.29) is 0 Å². The molecule has 0 aliphatic heterocycles. The number of fused-ring (bicyclic) bond motifs is 1. The number of nitrogens with one attached hydrogen (secondary N) is 1. The van der Waals surface area contributed by atoms with Gasteiger partial charge in [0.05, 0.1) is 0 Å². The van der Waals surface area contributed by atoms with Crippen LogP contribution in [0.4, 0.5) is 0 Å². The molecule has 1 N–H and O–H groups in total. The average Bonchev–Trinajstić information content (AvgIpc) is 2.75. The van der Waals surface area contributed by atoms with E-state index in [4.69, 9.17) is 0 Å². The van der Waals surface area contributed by atoms with Crippen molar-refractivity contribution in [2.75, 3.05) is 6.54 Å². The first-order chi connectivity index (χ1) is 8.65. The van der Waals surface area contributed by atoms with Crippen molar-refractivity contribution < 1.29 is 0 Å². The van der Waals surface area contributed by atoms with Crippen LogP contribution >= 0.6 is 27.3 Å². The van der Waals surface area contributed by atoms with E-state index in [0.717, 1.165) is 6.54 Å². The minimum atomic E-state index is 0.452. The highest BCUT2D eigenvalue weighted by atomic mass is 79.9. The largest absolute Gasteiger partial charge is 0.310 e. The molecule has 1 atom stereocenters. The average molecular weight is 326 g/mol. The Labute approximate surface area is 122 Å². The summed E-state index contributed by atoms with van der Waals surface area (Å²) in [5, 5.41) is 7.37. The number of hydrogen-bond acceptors (Lipinski definition) is 2. The van der Waals surface area contributed by atoms with Crippen LogP contribution in [0.1, 0.15) is 38.8 Å². The lowest BCUT2D eigenvalue weighted by Crippen LogP contribution is -2.26. The number of rotatable bonds is 5. The van der Waals surface area contributed by atoms with Crippen LogP contribution in [0.2, 0.25) is 0 Å². The van der Waals surface area contributed by atoms with Crippen molar-refractivity contribution in [1.29, 1.82) is 0 Å². The van der Waals surface area contributed by atoms with Gasteiger partial charge in [-0.2, -0.15) is 0 Å². The van der Waals surface area contributed by atoms with Crippen LogP contribution in [0.3, 0.4) is 0 Å². The van der Waals surface area contributed by atoms with Crippen molar-refractivity contribution in [2.45, 2.75) is 33.2 Å². The third-order valence-corrected chi connectivity index (χ3v) is 5.17. The predicted octanol–water partition coefficient (Wildman–Crippen LogP) is 5.36. The second-order valence-electron chi connectivity index (χ2n) is 4.98. The summed E-state index contributed by atoms with van der Waals surface area (Å²) in [6.45, 7) is 7.87. The van der Waals surface area contributed by atoms with Gasteiger partial charge in [0.25, 0.3) is 0 Å². The molecule has 1 nitrogen and oxygen atoms in total. The van der Waals surface area contributed by atoms with E-state index in [9.17, 15) is 0 Å². The lowest BCUT2D eigenvalue weighted by atomic mass is 9.95. The first-order valence-corrected chi connectivity index (χ1v) is 8.21. The summed E-state index contributed by atoms with van der Waals surface area (Å²) in [5.41, 5.74) is 1.44. The third-order valence-electron chi connectivity index (χ3n) is 3.20. The van der Waals surface area contributed by atoms with E-state index in [1.165, 1.54) is 26.5 Å². The summed E-state index contributed by atoms with van der Waals surface area (Å²) in [5.74, 6) is 0.605. The molecule has 18 heavy (non-hydrogen) atoms. The fourth-order valence-corrected chi connectivity index (χ4v) is 3.95. The molecule has 0 aliphatic carbocycles. The van der Waals surface area contributed by atoms with E-state index in [2.05, 4.69) is 65.6 Å². The Morgan fingerprint density at radius 2 is 2.11 bits per heavy atom. The molecule has 2 aromatic rings. The van der Waals surface area contributed by atoms with Crippen LogP contribution < -0.4 is 5.32 Å². The fourth-order valence-electron chi connectivity index (χ4n) is 2.29. The predicted molar refractivity (Wildman–Crippen MR) is 85.4 cm³/mol. The standard InChI is InChI=1S/C15H20BrNS/c1-4-8-17-14(10(2)3)12-9-18-15-11(12)6-5-7-13(15)16/h5-7,9-10,14,17H,4,8H2,1-3H3. The molecule has 2 rings (SSSR count). The maximum atomic E-state index is 3.67. The van der Waals surface area contributed by atoms with Gasteiger partial charge in [-0.25, -0.2) is 0 Å². The zero-order valence-corrected chi connectivity index (χ0v) is 13.6. The lowest BCUT2D eigenvalue weighted by molar-refractivity contribution is 0.416. The number of halogens is 1. The molecule has 0 spiro atoms. The maximum Gasteiger partial charge on any atom is 0.0488 e. The van der Waals surface area contributed by atoms with Crippen molar-refractivity contribution in [1.82, 2.24) is 5.32 Å². The molecule has 0 bridgehead atoms. The second-order valence-corrected chi connectivity index (χ2v) is 6.72. The van der Waals surface area contributed by atoms with Gasteiger partial charge in [-0.1, -0.05) is 32.9 Å². The van der Waals surface area contributed by atoms with Crippen LogP contribution in [0.15, 0.2) is 28.1 Å². The summed E-state index contributed by atoms with van der Waals surface area (Å²) in [6, 6.07) is 6.93. The summed E-state index contributed by atoms with van der Waals surface area (Å²) in [7, 11) is 0. The zero-order chi connectivity index (χ0) is 13.1. The van der Waals surface area contributed by atoms with Gasteiger partial charge in [0.1, 0.15) is 0 Å². The molecular formula is C15H20BrNS. The quantitative estimate of drug-likeness (QED) is 0.780. The van der Waals surface area contributed by atoms with E-state index >= 15 is 0 Å². The van der Waals surface area contributed by atoms with Crippen molar-refractivity contribution in [3.05, 3.63) is 33.6 Å². The van der Waals surface area contributed by atoms with E-state index < -0.39 is 0 Å². The van der Waals surface area contributed by atoms with Crippen LogP contribution in [-0.4, -0.2) is 6.54 Å². The topological polar surface area (TPSA) is 12.0 Å². The van der Waals surface area contributed by atoms with E-state index in [0.29, 0.717) is 12.0 Å². The van der Waals surface area contributed by atoms with Crippen molar-refractivity contribution in [3.8, 4) is 0 Å². The first-order valence-electron chi connectivity index (χ1n) is 6.54. The second kappa shape index (κ2) is 6.18. The Balaban J connectivity index is 2.41. The number of benzene rings is 1. The van der Waals surface area contributed by atoms with Gasteiger partial charge < -0.3 is 5.32 Å². The molecule has 0 saturated heterocycles. The van der Waals surface area contributed by atoms with Gasteiger partial charge in [0, 0.05) is 15.2 Å². The zero-order valence-electron chi connectivity index (χ0n) is 11.2. The maximum absolute atomic E-state index is 3.67. The highest BCUT2D eigenvalue weighted by molar-refractivity contribution is 9.10. The molecular weight excluding hydrogens is 306 g/mol. The van der Waals surface area contributed by atoms with Crippen molar-refractivity contribution in [2.24, 2.45) is 5.92 Å². The van der Waals surface area contributed by atoms with Crippen LogP contribution in [0.25, 0.3) is 10.1 Å². The Morgan fingerprint density at radius 1 is 1.33 bits per heavy atom. The highest BCUT2D eigenvalue weighted by Crippen LogP contribution is 2.37. The lowest BCUT2D eigenvalue weighted by Gasteiger charge is -2.22. The molecule has 0 radical (unpaired) electrons. The molecule has 0 saturated carbocycles. The Morgan fingerprint density at radius 3 is 2.78 bits per heavy atom. The van der Waals surface area contributed by atoms with E-state index in [1.54, 1.807) is 0 Å². The molecule has 3 heteroatoms. The van der Waals surface area contributed by atoms with Crippen molar-refractivity contribution >= 4 is 37.4 Å². The van der Waals surface area contributed by atoms with Gasteiger partial charge in [-0.05, 0) is 57.2 Å². The minimum Gasteiger partial charge on any atom is -0.310 e. The fraction of sp³-hybridized carbons (Fsp3) is 0.467. The van der Waals surface area contributed by atoms with E-state index in [1.807, 2.05) is 11.3 Å². The Bertz CT molecular complexity index is 518. The van der Waals surface area contributed by atoms with Crippen LogP contribution in [0, 0.1) is 5.92 Å². The molecule has 1 aromatic carbocycles. The van der Waals surface area contributed by atoms with Gasteiger partial charge in [-0.3, -0.25) is 0 Å². The summed E-state index contributed by atoms with van der Waals surface area (Å²) in [6.07, 6.45) is 1.18. The smallest absolute Gasteiger partial charge is 0.0488 e. The Kier molecular flexibility index (Phi) is 4.82. The van der Waals surface area contributed by atoms with Gasteiger partial charge in [0.2, 0.25) is 0 Å². The molecule has 1 unspecified atom stereocenters.